The molecule has 1 aromatic carbocycles. The van der Waals surface area contributed by atoms with Crippen molar-refractivity contribution < 1.29 is 0 Å². The predicted molar refractivity (Wildman–Crippen MR) is 63.1 cm³/mol. The maximum absolute atomic E-state index is 3.30. The van der Waals surface area contributed by atoms with Crippen molar-refractivity contribution in [1.29, 1.82) is 0 Å². The molecule has 1 saturated carbocycles. The third-order valence-corrected chi connectivity index (χ3v) is 3.78. The highest BCUT2D eigenvalue weighted by atomic mass is 32.2. The van der Waals surface area contributed by atoms with Gasteiger partial charge in [-0.25, -0.2) is 0 Å². The summed E-state index contributed by atoms with van der Waals surface area (Å²) in [5.41, 5.74) is 1.97. The third kappa shape index (κ3) is 1.82. The Hall–Kier alpha value is -0.470. The summed E-state index contributed by atoms with van der Waals surface area (Å²) in [7, 11) is 2.04. The number of benzene rings is 1. The van der Waals surface area contributed by atoms with Gasteiger partial charge < -0.3 is 5.32 Å². The van der Waals surface area contributed by atoms with Crippen molar-refractivity contribution in [3.8, 4) is 0 Å². The number of thioether (sulfide) groups is 1. The Labute approximate surface area is 90.3 Å². The highest BCUT2D eigenvalue weighted by molar-refractivity contribution is 7.98. The lowest BCUT2D eigenvalue weighted by Crippen LogP contribution is -2.23. The van der Waals surface area contributed by atoms with E-state index in [1.165, 1.54) is 23.3 Å². The predicted octanol–water partition coefficient (Wildman–Crippen LogP) is 2.66. The molecule has 14 heavy (non-hydrogen) atoms. The van der Waals surface area contributed by atoms with Gasteiger partial charge in [0.25, 0.3) is 0 Å². The molecule has 76 valence electrons. The number of hydrogen-bond acceptors (Lipinski definition) is 2. The topological polar surface area (TPSA) is 12.0 Å². The van der Waals surface area contributed by atoms with Crippen molar-refractivity contribution in [3.63, 3.8) is 0 Å². The zero-order chi connectivity index (χ0) is 10.0. The Bertz CT molecular complexity index is 318. The van der Waals surface area contributed by atoms with Crippen LogP contribution in [0.4, 0.5) is 0 Å². The van der Waals surface area contributed by atoms with Gasteiger partial charge in [-0.2, -0.15) is 0 Å². The van der Waals surface area contributed by atoms with E-state index in [0.29, 0.717) is 5.41 Å². The van der Waals surface area contributed by atoms with E-state index in [1.54, 1.807) is 0 Å². The van der Waals surface area contributed by atoms with Gasteiger partial charge in [0, 0.05) is 16.9 Å². The van der Waals surface area contributed by atoms with E-state index >= 15 is 0 Å². The van der Waals surface area contributed by atoms with Crippen LogP contribution in [-0.4, -0.2) is 19.8 Å². The van der Waals surface area contributed by atoms with E-state index in [9.17, 15) is 0 Å². The van der Waals surface area contributed by atoms with Gasteiger partial charge in [-0.05, 0) is 43.8 Å². The summed E-state index contributed by atoms with van der Waals surface area (Å²) in [5, 5.41) is 3.30. The smallest absolute Gasteiger partial charge is 0.00787 e. The van der Waals surface area contributed by atoms with Gasteiger partial charge in [-0.1, -0.05) is 12.1 Å². The molecule has 0 spiro atoms. The van der Waals surface area contributed by atoms with Crippen LogP contribution in [0.15, 0.2) is 29.2 Å². The van der Waals surface area contributed by atoms with Crippen molar-refractivity contribution in [1.82, 2.24) is 5.32 Å². The van der Waals surface area contributed by atoms with E-state index in [0.717, 1.165) is 6.54 Å². The molecule has 0 radical (unpaired) electrons. The van der Waals surface area contributed by atoms with Crippen molar-refractivity contribution >= 4 is 11.8 Å². The molecule has 0 saturated heterocycles. The van der Waals surface area contributed by atoms with Gasteiger partial charge in [0.2, 0.25) is 0 Å². The van der Waals surface area contributed by atoms with Crippen molar-refractivity contribution in [2.45, 2.75) is 23.2 Å². The maximum Gasteiger partial charge on any atom is 0.00787 e. The fraction of sp³-hybridized carbons (Fsp3) is 0.500. The SMILES string of the molecule is CNCC1(c2cccc(SC)c2)CC1. The molecule has 0 atom stereocenters. The molecule has 0 aromatic heterocycles. The van der Waals surface area contributed by atoms with Crippen LogP contribution in [0.25, 0.3) is 0 Å². The normalized spacial score (nSPS) is 18.1. The quantitative estimate of drug-likeness (QED) is 0.762. The summed E-state index contributed by atoms with van der Waals surface area (Å²) in [5.74, 6) is 0. The molecule has 1 aliphatic carbocycles. The van der Waals surface area contributed by atoms with Crippen LogP contribution in [0.5, 0.6) is 0 Å². The first kappa shape index (κ1) is 10.1. The van der Waals surface area contributed by atoms with E-state index in [4.69, 9.17) is 0 Å². The van der Waals surface area contributed by atoms with Crippen LogP contribution in [0.3, 0.4) is 0 Å². The van der Waals surface area contributed by atoms with E-state index in [-0.39, 0.29) is 0 Å². The summed E-state index contributed by atoms with van der Waals surface area (Å²) in [4.78, 5) is 1.38. The second-order valence-electron chi connectivity index (χ2n) is 4.04. The van der Waals surface area contributed by atoms with Gasteiger partial charge >= 0.3 is 0 Å². The highest BCUT2D eigenvalue weighted by Crippen LogP contribution is 2.48. The Morgan fingerprint density at radius 2 is 2.21 bits per heavy atom. The molecule has 0 aliphatic heterocycles. The number of rotatable bonds is 4. The molecule has 0 heterocycles. The second-order valence-corrected chi connectivity index (χ2v) is 4.92. The average Bonchev–Trinajstić information content (AvgIpc) is 3.00. The molecular weight excluding hydrogens is 190 g/mol. The summed E-state index contributed by atoms with van der Waals surface area (Å²) in [6.45, 7) is 1.12. The molecule has 1 fully saturated rings. The van der Waals surface area contributed by atoms with E-state index in [2.05, 4.69) is 35.8 Å². The Morgan fingerprint density at radius 3 is 2.79 bits per heavy atom. The minimum atomic E-state index is 0.459. The first-order chi connectivity index (χ1) is 6.80. The van der Waals surface area contributed by atoms with Gasteiger partial charge in [0.15, 0.2) is 0 Å². The molecular formula is C12H17NS. The van der Waals surface area contributed by atoms with Crippen LogP contribution in [0, 0.1) is 0 Å². The average molecular weight is 207 g/mol. The first-order valence-electron chi connectivity index (χ1n) is 5.10. The monoisotopic (exact) mass is 207 g/mol. The fourth-order valence-electron chi connectivity index (χ4n) is 2.01. The summed E-state index contributed by atoms with van der Waals surface area (Å²) in [6, 6.07) is 8.97. The zero-order valence-corrected chi connectivity index (χ0v) is 9.66. The van der Waals surface area contributed by atoms with Crippen LogP contribution in [-0.2, 0) is 5.41 Å². The summed E-state index contributed by atoms with van der Waals surface area (Å²) < 4.78 is 0. The van der Waals surface area contributed by atoms with E-state index in [1.807, 2.05) is 18.8 Å². The van der Waals surface area contributed by atoms with Crippen molar-refractivity contribution in [2.75, 3.05) is 19.8 Å². The summed E-state index contributed by atoms with van der Waals surface area (Å²) >= 11 is 1.82. The van der Waals surface area contributed by atoms with Gasteiger partial charge in [0.1, 0.15) is 0 Å². The Morgan fingerprint density at radius 1 is 1.43 bits per heavy atom. The lowest BCUT2D eigenvalue weighted by Gasteiger charge is -2.15. The van der Waals surface area contributed by atoms with Crippen molar-refractivity contribution in [2.24, 2.45) is 0 Å². The number of nitrogens with one attached hydrogen (secondary N) is 1. The minimum absolute atomic E-state index is 0.459. The molecule has 1 aliphatic rings. The molecule has 2 heteroatoms. The first-order valence-corrected chi connectivity index (χ1v) is 6.32. The fourth-order valence-corrected chi connectivity index (χ4v) is 2.47. The lowest BCUT2D eigenvalue weighted by molar-refractivity contribution is 0.623. The molecule has 1 nitrogen and oxygen atoms in total. The van der Waals surface area contributed by atoms with Crippen LogP contribution >= 0.6 is 11.8 Å². The molecule has 0 unspecified atom stereocenters. The summed E-state index contributed by atoms with van der Waals surface area (Å²) in [6.07, 6.45) is 4.81. The largest absolute Gasteiger partial charge is 0.319 e. The van der Waals surface area contributed by atoms with Crippen LogP contribution < -0.4 is 5.32 Å². The highest BCUT2D eigenvalue weighted by Gasteiger charge is 2.43. The Kier molecular flexibility index (Phi) is 2.84. The second kappa shape index (κ2) is 3.95. The van der Waals surface area contributed by atoms with E-state index < -0.39 is 0 Å². The number of hydrogen-bond donors (Lipinski definition) is 1. The standard InChI is InChI=1S/C12H17NS/c1-13-9-12(6-7-12)10-4-3-5-11(8-10)14-2/h3-5,8,13H,6-7,9H2,1-2H3. The van der Waals surface area contributed by atoms with Crippen LogP contribution in [0.1, 0.15) is 18.4 Å². The molecule has 2 rings (SSSR count). The van der Waals surface area contributed by atoms with Crippen LogP contribution in [0.2, 0.25) is 0 Å². The van der Waals surface area contributed by atoms with Gasteiger partial charge in [-0.3, -0.25) is 0 Å². The van der Waals surface area contributed by atoms with Crippen molar-refractivity contribution in [3.05, 3.63) is 29.8 Å². The molecule has 1 aromatic rings. The molecule has 0 bridgehead atoms. The lowest BCUT2D eigenvalue weighted by atomic mass is 9.96. The number of likely N-dealkylation sites (N-methyl/N-ethyl adjacent to an activating group) is 1. The molecule has 1 N–H and O–H groups in total. The molecule has 0 amide bonds. The third-order valence-electron chi connectivity index (χ3n) is 3.05. The maximum atomic E-state index is 3.30. The minimum Gasteiger partial charge on any atom is -0.319 e. The zero-order valence-electron chi connectivity index (χ0n) is 8.84. The van der Waals surface area contributed by atoms with Gasteiger partial charge in [0.05, 0.1) is 0 Å². The van der Waals surface area contributed by atoms with Gasteiger partial charge in [-0.15, -0.1) is 11.8 Å². The Balaban J connectivity index is 2.23.